The first-order valence-corrected chi connectivity index (χ1v) is 6.25. The molecule has 0 aliphatic rings. The summed E-state index contributed by atoms with van der Waals surface area (Å²) in [6.07, 6.45) is 0. The maximum Gasteiger partial charge on any atom is 0.153 e. The van der Waals surface area contributed by atoms with Gasteiger partial charge in [-0.1, -0.05) is 47.6 Å². The van der Waals surface area contributed by atoms with E-state index in [-0.39, 0.29) is 0 Å². The SMILES string of the molecule is S=c1[nH]nc(Cl)cc1-c1cc2cccc(Cl)c2o1. The van der Waals surface area contributed by atoms with Crippen LogP contribution < -0.4 is 0 Å². The molecule has 90 valence electrons. The number of nitrogens with zero attached hydrogens (tertiary/aromatic N) is 1. The summed E-state index contributed by atoms with van der Waals surface area (Å²) in [6, 6.07) is 9.09. The van der Waals surface area contributed by atoms with Crippen LogP contribution in [-0.2, 0) is 0 Å². The molecule has 0 amide bonds. The minimum Gasteiger partial charge on any atom is -0.454 e. The van der Waals surface area contributed by atoms with Gasteiger partial charge in [-0.2, -0.15) is 5.10 Å². The number of aromatic nitrogens is 2. The molecule has 3 aromatic rings. The van der Waals surface area contributed by atoms with Crippen molar-refractivity contribution in [2.75, 3.05) is 0 Å². The van der Waals surface area contributed by atoms with E-state index in [4.69, 9.17) is 39.8 Å². The predicted octanol–water partition coefficient (Wildman–Crippen LogP) is 4.86. The van der Waals surface area contributed by atoms with Gasteiger partial charge in [0.15, 0.2) is 5.58 Å². The van der Waals surface area contributed by atoms with E-state index in [9.17, 15) is 0 Å². The van der Waals surface area contributed by atoms with Gasteiger partial charge in [0.2, 0.25) is 0 Å². The third kappa shape index (κ3) is 1.92. The molecule has 0 unspecified atom stereocenters. The molecule has 2 heterocycles. The number of aromatic amines is 1. The van der Waals surface area contributed by atoms with E-state index in [0.717, 1.165) is 5.39 Å². The zero-order chi connectivity index (χ0) is 12.7. The fourth-order valence-corrected chi connectivity index (χ4v) is 2.30. The van der Waals surface area contributed by atoms with E-state index in [1.54, 1.807) is 12.1 Å². The standard InChI is InChI=1S/C12H6Cl2N2OS/c13-8-3-1-2-6-4-9(17-11(6)8)7-5-10(14)15-16-12(7)18/h1-5H,(H,16,18). The predicted molar refractivity (Wildman–Crippen MR) is 74.6 cm³/mol. The van der Waals surface area contributed by atoms with Gasteiger partial charge in [-0.25, -0.2) is 0 Å². The Labute approximate surface area is 117 Å². The van der Waals surface area contributed by atoms with Crippen LogP contribution in [0.25, 0.3) is 22.3 Å². The quantitative estimate of drug-likeness (QED) is 0.652. The third-order valence-electron chi connectivity index (χ3n) is 2.53. The van der Waals surface area contributed by atoms with Crippen LogP contribution in [0.5, 0.6) is 0 Å². The number of rotatable bonds is 1. The topological polar surface area (TPSA) is 41.8 Å². The molecule has 0 fully saturated rings. The van der Waals surface area contributed by atoms with Crippen molar-refractivity contribution in [2.45, 2.75) is 0 Å². The maximum absolute atomic E-state index is 6.06. The summed E-state index contributed by atoms with van der Waals surface area (Å²) in [4.78, 5) is 0. The lowest BCUT2D eigenvalue weighted by Gasteiger charge is -1.97. The van der Waals surface area contributed by atoms with Gasteiger partial charge in [0.05, 0.1) is 10.6 Å². The second-order valence-corrected chi connectivity index (χ2v) is 4.91. The summed E-state index contributed by atoms with van der Waals surface area (Å²) in [5, 5.41) is 8.27. The largest absolute Gasteiger partial charge is 0.454 e. The lowest BCUT2D eigenvalue weighted by molar-refractivity contribution is 0.630. The zero-order valence-corrected chi connectivity index (χ0v) is 11.2. The Hall–Kier alpha value is -1.36. The van der Waals surface area contributed by atoms with Crippen LogP contribution in [0.3, 0.4) is 0 Å². The molecule has 1 N–H and O–H groups in total. The van der Waals surface area contributed by atoms with Crippen molar-refractivity contribution in [3.05, 3.63) is 45.1 Å². The molecule has 3 rings (SSSR count). The van der Waals surface area contributed by atoms with Gasteiger partial charge in [-0.3, -0.25) is 5.10 Å². The van der Waals surface area contributed by atoms with Gasteiger partial charge in [-0.15, -0.1) is 0 Å². The van der Waals surface area contributed by atoms with Crippen LogP contribution in [0, 0.1) is 4.64 Å². The fourth-order valence-electron chi connectivity index (χ4n) is 1.72. The number of nitrogens with one attached hydrogen (secondary N) is 1. The van der Waals surface area contributed by atoms with Gasteiger partial charge in [0.25, 0.3) is 0 Å². The summed E-state index contributed by atoms with van der Waals surface area (Å²) in [5.74, 6) is 0.614. The van der Waals surface area contributed by atoms with E-state index in [2.05, 4.69) is 10.2 Å². The maximum atomic E-state index is 6.06. The number of hydrogen-bond donors (Lipinski definition) is 1. The summed E-state index contributed by atoms with van der Waals surface area (Å²) < 4.78 is 6.18. The number of furan rings is 1. The lowest BCUT2D eigenvalue weighted by Crippen LogP contribution is -1.85. The van der Waals surface area contributed by atoms with Gasteiger partial charge >= 0.3 is 0 Å². The number of fused-ring (bicyclic) bond motifs is 1. The van der Waals surface area contributed by atoms with Gasteiger partial charge < -0.3 is 4.42 Å². The molecule has 0 radical (unpaired) electrons. The molecule has 18 heavy (non-hydrogen) atoms. The highest BCUT2D eigenvalue weighted by atomic mass is 35.5. The molecule has 0 bridgehead atoms. The first-order valence-electron chi connectivity index (χ1n) is 5.09. The van der Waals surface area contributed by atoms with Crippen LogP contribution in [0.1, 0.15) is 0 Å². The van der Waals surface area contributed by atoms with Crippen molar-refractivity contribution in [2.24, 2.45) is 0 Å². The molecule has 0 aliphatic carbocycles. The molecule has 0 saturated heterocycles. The van der Waals surface area contributed by atoms with E-state index >= 15 is 0 Å². The molecular formula is C12H6Cl2N2OS. The molecule has 0 saturated carbocycles. The van der Waals surface area contributed by atoms with Crippen molar-refractivity contribution >= 4 is 46.4 Å². The monoisotopic (exact) mass is 296 g/mol. The van der Waals surface area contributed by atoms with Gasteiger partial charge in [0, 0.05) is 5.39 Å². The minimum atomic E-state index is 0.324. The molecule has 0 atom stereocenters. The molecule has 1 aromatic carbocycles. The molecule has 0 spiro atoms. The normalized spacial score (nSPS) is 11.0. The first kappa shape index (κ1) is 11.7. The molecule has 6 heteroatoms. The van der Waals surface area contributed by atoms with Gasteiger partial charge in [0.1, 0.15) is 15.6 Å². The van der Waals surface area contributed by atoms with Gasteiger partial charge in [-0.05, 0) is 18.2 Å². The smallest absolute Gasteiger partial charge is 0.153 e. The highest BCUT2D eigenvalue weighted by Crippen LogP contribution is 2.32. The second kappa shape index (κ2) is 4.39. The van der Waals surface area contributed by atoms with Crippen molar-refractivity contribution in [3.63, 3.8) is 0 Å². The van der Waals surface area contributed by atoms with Crippen LogP contribution in [0.15, 0.2) is 34.7 Å². The van der Waals surface area contributed by atoms with Crippen molar-refractivity contribution in [3.8, 4) is 11.3 Å². The Bertz CT molecular complexity index is 794. The second-order valence-electron chi connectivity index (χ2n) is 3.70. The average Bonchev–Trinajstić information content (AvgIpc) is 2.77. The Kier molecular flexibility index (Phi) is 2.86. The average molecular weight is 297 g/mol. The van der Waals surface area contributed by atoms with Crippen LogP contribution in [-0.4, -0.2) is 10.2 Å². The lowest BCUT2D eigenvalue weighted by atomic mass is 10.2. The van der Waals surface area contributed by atoms with Crippen LogP contribution in [0.2, 0.25) is 10.2 Å². The van der Waals surface area contributed by atoms with Crippen LogP contribution >= 0.6 is 35.4 Å². The van der Waals surface area contributed by atoms with Crippen molar-refractivity contribution in [1.82, 2.24) is 10.2 Å². The van der Waals surface area contributed by atoms with E-state index in [0.29, 0.717) is 31.7 Å². The highest BCUT2D eigenvalue weighted by molar-refractivity contribution is 7.71. The Morgan fingerprint density at radius 1 is 1.22 bits per heavy atom. The minimum absolute atomic E-state index is 0.324. The molecule has 2 aromatic heterocycles. The van der Waals surface area contributed by atoms with Crippen molar-refractivity contribution in [1.29, 1.82) is 0 Å². The molecule has 3 nitrogen and oxygen atoms in total. The van der Waals surface area contributed by atoms with E-state index < -0.39 is 0 Å². The van der Waals surface area contributed by atoms with Crippen LogP contribution in [0.4, 0.5) is 0 Å². The number of benzene rings is 1. The van der Waals surface area contributed by atoms with E-state index in [1.807, 2.05) is 18.2 Å². The fraction of sp³-hybridized carbons (Fsp3) is 0. The Morgan fingerprint density at radius 3 is 2.83 bits per heavy atom. The molecule has 0 aliphatic heterocycles. The summed E-state index contributed by atoms with van der Waals surface area (Å²) in [5.41, 5.74) is 1.33. The Balaban J connectivity index is 2.29. The van der Waals surface area contributed by atoms with E-state index in [1.165, 1.54) is 0 Å². The number of para-hydroxylation sites is 1. The summed E-state index contributed by atoms with van der Waals surface area (Å²) in [6.45, 7) is 0. The Morgan fingerprint density at radius 2 is 2.06 bits per heavy atom. The number of halogens is 2. The molecular weight excluding hydrogens is 291 g/mol. The number of H-pyrrole nitrogens is 1. The first-order chi connectivity index (χ1) is 8.65. The highest BCUT2D eigenvalue weighted by Gasteiger charge is 2.11. The zero-order valence-electron chi connectivity index (χ0n) is 8.91. The van der Waals surface area contributed by atoms with Crippen molar-refractivity contribution < 1.29 is 4.42 Å². The summed E-state index contributed by atoms with van der Waals surface area (Å²) >= 11 is 17.1. The summed E-state index contributed by atoms with van der Waals surface area (Å²) in [7, 11) is 0. The third-order valence-corrected chi connectivity index (χ3v) is 3.34. The number of hydrogen-bond acceptors (Lipinski definition) is 3.